The maximum absolute atomic E-state index is 13.1. The summed E-state index contributed by atoms with van der Waals surface area (Å²) in [5.74, 6) is -0.719. The summed E-state index contributed by atoms with van der Waals surface area (Å²) in [6.07, 6.45) is 0. The maximum atomic E-state index is 13.1. The highest BCUT2D eigenvalue weighted by Gasteiger charge is 2.10. The molecule has 0 aliphatic heterocycles. The summed E-state index contributed by atoms with van der Waals surface area (Å²) in [6, 6.07) is 7.03. The number of benzene rings is 2. The molecule has 0 amide bonds. The fourth-order valence-corrected chi connectivity index (χ4v) is 2.09. The monoisotopic (exact) mass is 313 g/mol. The second kappa shape index (κ2) is 6.63. The zero-order chi connectivity index (χ0) is 15.4. The molecule has 0 saturated carbocycles. The van der Waals surface area contributed by atoms with Gasteiger partial charge in [-0.25, -0.2) is 8.78 Å². The number of hydrogen-bond donors (Lipinski definition) is 1. The third-order valence-electron chi connectivity index (χ3n) is 2.94. The van der Waals surface area contributed by atoms with E-state index in [2.05, 4.69) is 5.32 Å². The molecule has 21 heavy (non-hydrogen) atoms. The van der Waals surface area contributed by atoms with Crippen molar-refractivity contribution >= 4 is 17.3 Å². The second-order valence-electron chi connectivity index (χ2n) is 4.29. The van der Waals surface area contributed by atoms with Crippen molar-refractivity contribution in [3.63, 3.8) is 0 Å². The number of hydrogen-bond acceptors (Lipinski definition) is 3. The van der Waals surface area contributed by atoms with Crippen LogP contribution in [0.15, 0.2) is 30.3 Å². The first-order valence-corrected chi connectivity index (χ1v) is 6.52. The molecule has 0 radical (unpaired) electrons. The molecule has 3 nitrogen and oxygen atoms in total. The van der Waals surface area contributed by atoms with Crippen LogP contribution in [-0.4, -0.2) is 14.2 Å². The maximum Gasteiger partial charge on any atom is 0.159 e. The zero-order valence-electron chi connectivity index (χ0n) is 11.5. The van der Waals surface area contributed by atoms with E-state index in [4.69, 9.17) is 21.1 Å². The first-order valence-electron chi connectivity index (χ1n) is 6.14. The smallest absolute Gasteiger partial charge is 0.159 e. The summed E-state index contributed by atoms with van der Waals surface area (Å²) in [4.78, 5) is 0. The Balaban J connectivity index is 2.19. The standard InChI is InChI=1S/C15H14ClF2NO2/c1-20-14-7-15(21-2)13(6-10(14)16)19-8-9-3-4-11(17)12(18)5-9/h3-7,19H,8H2,1-2H3. The summed E-state index contributed by atoms with van der Waals surface area (Å²) < 4.78 is 36.4. The molecule has 0 aromatic heterocycles. The van der Waals surface area contributed by atoms with Crippen LogP contribution in [0.3, 0.4) is 0 Å². The van der Waals surface area contributed by atoms with Crippen molar-refractivity contribution in [3.8, 4) is 11.5 Å². The van der Waals surface area contributed by atoms with Crippen LogP contribution in [-0.2, 0) is 6.54 Å². The molecule has 2 rings (SSSR count). The summed E-state index contributed by atoms with van der Waals surface area (Å²) in [5.41, 5.74) is 1.23. The van der Waals surface area contributed by atoms with Crippen molar-refractivity contribution in [2.24, 2.45) is 0 Å². The van der Waals surface area contributed by atoms with Gasteiger partial charge < -0.3 is 14.8 Å². The van der Waals surface area contributed by atoms with E-state index in [0.29, 0.717) is 34.3 Å². The van der Waals surface area contributed by atoms with Gasteiger partial charge in [-0.05, 0) is 23.8 Å². The fourth-order valence-electron chi connectivity index (χ4n) is 1.85. The highest BCUT2D eigenvalue weighted by Crippen LogP contribution is 2.36. The summed E-state index contributed by atoms with van der Waals surface area (Å²) in [5, 5.41) is 3.49. The van der Waals surface area contributed by atoms with Gasteiger partial charge in [-0.15, -0.1) is 0 Å². The highest BCUT2D eigenvalue weighted by atomic mass is 35.5. The third kappa shape index (κ3) is 3.55. The molecule has 1 N–H and O–H groups in total. The number of methoxy groups -OCH3 is 2. The number of anilines is 1. The SMILES string of the molecule is COc1cc(OC)c(NCc2ccc(F)c(F)c2)cc1Cl. The van der Waals surface area contributed by atoms with Crippen molar-refractivity contribution in [2.75, 3.05) is 19.5 Å². The number of ether oxygens (including phenoxy) is 2. The molecule has 0 spiro atoms. The highest BCUT2D eigenvalue weighted by molar-refractivity contribution is 6.32. The molecule has 0 saturated heterocycles. The minimum absolute atomic E-state index is 0.302. The first kappa shape index (κ1) is 15.4. The molecule has 0 heterocycles. The summed E-state index contributed by atoms with van der Waals surface area (Å²) >= 11 is 6.06. The van der Waals surface area contributed by atoms with E-state index >= 15 is 0 Å². The van der Waals surface area contributed by atoms with Gasteiger partial charge in [0.2, 0.25) is 0 Å². The Morgan fingerprint density at radius 3 is 2.33 bits per heavy atom. The zero-order valence-corrected chi connectivity index (χ0v) is 12.3. The lowest BCUT2D eigenvalue weighted by atomic mass is 10.2. The molecular formula is C15H14ClF2NO2. The molecule has 0 aliphatic carbocycles. The lowest BCUT2D eigenvalue weighted by Gasteiger charge is -2.14. The van der Waals surface area contributed by atoms with Crippen LogP contribution >= 0.6 is 11.6 Å². The molecular weight excluding hydrogens is 300 g/mol. The van der Waals surface area contributed by atoms with E-state index in [0.717, 1.165) is 12.1 Å². The molecule has 0 atom stereocenters. The van der Waals surface area contributed by atoms with E-state index in [1.165, 1.54) is 20.3 Å². The van der Waals surface area contributed by atoms with Gasteiger partial charge in [0.05, 0.1) is 24.9 Å². The topological polar surface area (TPSA) is 30.5 Å². The predicted molar refractivity (Wildman–Crippen MR) is 78.2 cm³/mol. The average Bonchev–Trinajstić information content (AvgIpc) is 2.48. The van der Waals surface area contributed by atoms with E-state index in [9.17, 15) is 8.78 Å². The van der Waals surface area contributed by atoms with E-state index < -0.39 is 11.6 Å². The van der Waals surface area contributed by atoms with Crippen LogP contribution in [0.5, 0.6) is 11.5 Å². The van der Waals surface area contributed by atoms with E-state index in [1.807, 2.05) is 0 Å². The van der Waals surface area contributed by atoms with Gasteiger partial charge in [0.15, 0.2) is 11.6 Å². The first-order chi connectivity index (χ1) is 10.0. The van der Waals surface area contributed by atoms with Crippen LogP contribution < -0.4 is 14.8 Å². The average molecular weight is 314 g/mol. The van der Waals surface area contributed by atoms with Crippen LogP contribution in [0, 0.1) is 11.6 Å². The Kier molecular flexibility index (Phi) is 4.85. The Hall–Kier alpha value is -2.01. The van der Waals surface area contributed by atoms with Crippen LogP contribution in [0.4, 0.5) is 14.5 Å². The van der Waals surface area contributed by atoms with Crippen molar-refractivity contribution in [3.05, 3.63) is 52.6 Å². The van der Waals surface area contributed by atoms with Crippen molar-refractivity contribution in [1.29, 1.82) is 0 Å². The lowest BCUT2D eigenvalue weighted by Crippen LogP contribution is -2.03. The van der Waals surface area contributed by atoms with Gasteiger partial charge in [-0.1, -0.05) is 17.7 Å². The van der Waals surface area contributed by atoms with Gasteiger partial charge in [0, 0.05) is 12.6 Å². The molecule has 0 unspecified atom stereocenters. The van der Waals surface area contributed by atoms with Gasteiger partial charge in [-0.3, -0.25) is 0 Å². The van der Waals surface area contributed by atoms with Gasteiger partial charge >= 0.3 is 0 Å². The second-order valence-corrected chi connectivity index (χ2v) is 4.70. The predicted octanol–water partition coefficient (Wildman–Crippen LogP) is 4.25. The minimum Gasteiger partial charge on any atom is -0.495 e. The normalized spacial score (nSPS) is 10.3. The van der Waals surface area contributed by atoms with Crippen molar-refractivity contribution in [1.82, 2.24) is 0 Å². The fraction of sp³-hybridized carbons (Fsp3) is 0.200. The van der Waals surface area contributed by atoms with Gasteiger partial charge in [-0.2, -0.15) is 0 Å². The molecule has 2 aromatic rings. The van der Waals surface area contributed by atoms with Crippen molar-refractivity contribution < 1.29 is 18.3 Å². The Bertz CT molecular complexity index is 650. The van der Waals surface area contributed by atoms with Crippen LogP contribution in [0.1, 0.15) is 5.56 Å². The Morgan fingerprint density at radius 2 is 1.71 bits per heavy atom. The summed E-state index contributed by atoms with van der Waals surface area (Å²) in [7, 11) is 3.03. The number of rotatable bonds is 5. The van der Waals surface area contributed by atoms with Gasteiger partial charge in [0.25, 0.3) is 0 Å². The van der Waals surface area contributed by atoms with Crippen LogP contribution in [0.2, 0.25) is 5.02 Å². The molecule has 6 heteroatoms. The van der Waals surface area contributed by atoms with E-state index in [-0.39, 0.29) is 0 Å². The quantitative estimate of drug-likeness (QED) is 0.895. The summed E-state index contributed by atoms with van der Waals surface area (Å²) in [6.45, 7) is 0.302. The molecule has 112 valence electrons. The molecule has 2 aromatic carbocycles. The molecule has 0 bridgehead atoms. The van der Waals surface area contributed by atoms with E-state index in [1.54, 1.807) is 12.1 Å². The number of halogens is 3. The number of nitrogens with one attached hydrogen (secondary N) is 1. The van der Waals surface area contributed by atoms with Gasteiger partial charge in [0.1, 0.15) is 11.5 Å². The molecule has 0 fully saturated rings. The largest absolute Gasteiger partial charge is 0.495 e. The molecule has 0 aliphatic rings. The van der Waals surface area contributed by atoms with Crippen molar-refractivity contribution in [2.45, 2.75) is 6.54 Å². The third-order valence-corrected chi connectivity index (χ3v) is 3.24. The Labute approximate surface area is 126 Å². The van der Waals surface area contributed by atoms with Crippen LogP contribution in [0.25, 0.3) is 0 Å². The Morgan fingerprint density at radius 1 is 1.00 bits per heavy atom. The minimum atomic E-state index is -0.881. The lowest BCUT2D eigenvalue weighted by molar-refractivity contribution is 0.395.